The number of Topliss-reactive ketones (excluding diaryl/α,β-unsaturated/α-hetero) is 1. The zero-order valence-corrected chi connectivity index (χ0v) is 15.0. The lowest BCUT2D eigenvalue weighted by Gasteiger charge is -2.12. The molecule has 0 amide bonds. The molecule has 0 fully saturated rings. The molecule has 8 heteroatoms. The number of carbonyl (C=O) groups excluding carboxylic acids is 2. The first-order chi connectivity index (χ1) is 11.8. The minimum Gasteiger partial charge on any atom is -0.451 e. The number of nitro groups is 1. The average molecular weight is 380 g/mol. The number of halogens is 1. The molecule has 0 spiro atoms. The van der Waals surface area contributed by atoms with Gasteiger partial charge in [-0.15, -0.1) is 11.8 Å². The van der Waals surface area contributed by atoms with Gasteiger partial charge >= 0.3 is 5.97 Å². The summed E-state index contributed by atoms with van der Waals surface area (Å²) in [4.78, 5) is 35.4. The van der Waals surface area contributed by atoms with Crippen LogP contribution in [-0.4, -0.2) is 29.0 Å². The quantitative estimate of drug-likeness (QED) is 0.243. The first-order valence-electron chi connectivity index (χ1n) is 7.16. The second kappa shape index (κ2) is 8.13. The standard InChI is InChI=1S/C17H14ClNO5S/c1-10(16(20)11-3-6-13(18)7-4-11)24-17(21)12-5-8-15(25-2)14(9-12)19(22)23/h3-10H,1-2H3/t10-/m1/s1. The summed E-state index contributed by atoms with van der Waals surface area (Å²) in [5.41, 5.74) is 0.187. The van der Waals surface area contributed by atoms with Crippen LogP contribution in [0.1, 0.15) is 27.6 Å². The van der Waals surface area contributed by atoms with Gasteiger partial charge in [0.15, 0.2) is 6.10 Å². The van der Waals surface area contributed by atoms with Gasteiger partial charge in [0.1, 0.15) is 0 Å². The molecule has 0 N–H and O–H groups in total. The van der Waals surface area contributed by atoms with Crippen LogP contribution in [0.4, 0.5) is 5.69 Å². The molecule has 0 unspecified atom stereocenters. The zero-order valence-electron chi connectivity index (χ0n) is 13.4. The summed E-state index contributed by atoms with van der Waals surface area (Å²) in [5, 5.41) is 11.6. The molecular weight excluding hydrogens is 366 g/mol. The van der Waals surface area contributed by atoms with Crippen LogP contribution >= 0.6 is 23.4 Å². The number of hydrogen-bond acceptors (Lipinski definition) is 6. The van der Waals surface area contributed by atoms with E-state index in [1.807, 2.05) is 0 Å². The highest BCUT2D eigenvalue weighted by molar-refractivity contribution is 7.98. The third kappa shape index (κ3) is 4.58. The number of ketones is 1. The van der Waals surface area contributed by atoms with Gasteiger partial charge in [-0.25, -0.2) is 4.79 Å². The molecule has 25 heavy (non-hydrogen) atoms. The first kappa shape index (κ1) is 19.0. The van der Waals surface area contributed by atoms with Gasteiger partial charge in [0.2, 0.25) is 5.78 Å². The van der Waals surface area contributed by atoms with Gasteiger partial charge in [0.25, 0.3) is 5.69 Å². The molecule has 130 valence electrons. The van der Waals surface area contributed by atoms with Crippen molar-refractivity contribution in [1.82, 2.24) is 0 Å². The van der Waals surface area contributed by atoms with Crippen LogP contribution in [0.2, 0.25) is 5.02 Å². The van der Waals surface area contributed by atoms with Crippen LogP contribution in [0.25, 0.3) is 0 Å². The lowest BCUT2D eigenvalue weighted by molar-refractivity contribution is -0.387. The van der Waals surface area contributed by atoms with Crippen LogP contribution < -0.4 is 0 Å². The molecule has 0 aliphatic heterocycles. The minimum absolute atomic E-state index is 0.0141. The normalized spacial score (nSPS) is 11.6. The number of rotatable bonds is 6. The Balaban J connectivity index is 2.15. The van der Waals surface area contributed by atoms with Crippen LogP contribution in [0.15, 0.2) is 47.4 Å². The molecule has 0 aliphatic carbocycles. The summed E-state index contributed by atoms with van der Waals surface area (Å²) < 4.78 is 5.14. The Morgan fingerprint density at radius 2 is 1.76 bits per heavy atom. The van der Waals surface area contributed by atoms with Crippen molar-refractivity contribution in [1.29, 1.82) is 0 Å². The summed E-state index contributed by atoms with van der Waals surface area (Å²) in [6.45, 7) is 1.44. The fourth-order valence-corrected chi connectivity index (χ4v) is 2.76. The molecule has 0 saturated heterocycles. The van der Waals surface area contributed by atoms with Crippen molar-refractivity contribution in [3.63, 3.8) is 0 Å². The van der Waals surface area contributed by atoms with E-state index in [0.717, 1.165) is 6.07 Å². The predicted octanol–water partition coefficient (Wildman–Crippen LogP) is 4.40. The molecular formula is C17H14ClNO5S. The molecule has 0 radical (unpaired) electrons. The van der Waals surface area contributed by atoms with Crippen LogP contribution in [0.5, 0.6) is 0 Å². The maximum absolute atomic E-state index is 12.3. The van der Waals surface area contributed by atoms with Crippen molar-refractivity contribution >= 4 is 40.8 Å². The van der Waals surface area contributed by atoms with E-state index < -0.39 is 17.0 Å². The monoisotopic (exact) mass is 379 g/mol. The summed E-state index contributed by atoms with van der Waals surface area (Å²) >= 11 is 6.97. The summed E-state index contributed by atoms with van der Waals surface area (Å²) in [7, 11) is 0. The number of carbonyl (C=O) groups is 2. The molecule has 2 aromatic carbocycles. The molecule has 1 atom stereocenters. The van der Waals surface area contributed by atoms with Gasteiger partial charge in [-0.2, -0.15) is 0 Å². The third-order valence-electron chi connectivity index (χ3n) is 3.39. The Hall–Kier alpha value is -2.38. The highest BCUT2D eigenvalue weighted by Crippen LogP contribution is 2.28. The smallest absolute Gasteiger partial charge is 0.339 e. The summed E-state index contributed by atoms with van der Waals surface area (Å²) in [6.07, 6.45) is 0.667. The number of esters is 1. The van der Waals surface area contributed by atoms with E-state index in [0.29, 0.717) is 15.5 Å². The van der Waals surface area contributed by atoms with E-state index in [2.05, 4.69) is 0 Å². The van der Waals surface area contributed by atoms with Gasteiger partial charge in [-0.3, -0.25) is 14.9 Å². The van der Waals surface area contributed by atoms with Crippen molar-refractivity contribution in [2.45, 2.75) is 17.9 Å². The molecule has 0 bridgehead atoms. The second-order valence-electron chi connectivity index (χ2n) is 5.06. The molecule has 0 saturated carbocycles. The predicted molar refractivity (Wildman–Crippen MR) is 95.5 cm³/mol. The Kier molecular flexibility index (Phi) is 6.17. The second-order valence-corrected chi connectivity index (χ2v) is 6.35. The van der Waals surface area contributed by atoms with E-state index in [1.54, 1.807) is 18.4 Å². The molecule has 2 aromatic rings. The number of thioether (sulfide) groups is 1. The van der Waals surface area contributed by atoms with E-state index in [-0.39, 0.29) is 17.0 Å². The Labute approximate surface area is 153 Å². The van der Waals surface area contributed by atoms with Crippen LogP contribution in [0.3, 0.4) is 0 Å². The van der Waals surface area contributed by atoms with Gasteiger partial charge < -0.3 is 4.74 Å². The Bertz CT molecular complexity index is 822. The molecule has 2 rings (SSSR count). The minimum atomic E-state index is -1.03. The van der Waals surface area contributed by atoms with E-state index in [1.165, 1.54) is 43.0 Å². The van der Waals surface area contributed by atoms with Gasteiger partial charge in [0.05, 0.1) is 15.4 Å². The zero-order chi connectivity index (χ0) is 18.6. The van der Waals surface area contributed by atoms with E-state index in [9.17, 15) is 19.7 Å². The number of benzene rings is 2. The number of hydrogen-bond donors (Lipinski definition) is 0. The van der Waals surface area contributed by atoms with Crippen molar-refractivity contribution in [3.05, 3.63) is 68.7 Å². The van der Waals surface area contributed by atoms with Crippen molar-refractivity contribution < 1.29 is 19.2 Å². The number of ether oxygens (including phenoxy) is 1. The van der Waals surface area contributed by atoms with Crippen molar-refractivity contribution in [2.75, 3.05) is 6.26 Å². The van der Waals surface area contributed by atoms with Gasteiger partial charge in [-0.05, 0) is 49.6 Å². The Morgan fingerprint density at radius 3 is 2.32 bits per heavy atom. The maximum atomic E-state index is 12.3. The first-order valence-corrected chi connectivity index (χ1v) is 8.77. The van der Waals surface area contributed by atoms with E-state index >= 15 is 0 Å². The fraction of sp³-hybridized carbons (Fsp3) is 0.176. The fourth-order valence-electron chi connectivity index (χ4n) is 2.09. The van der Waals surface area contributed by atoms with E-state index in [4.69, 9.17) is 16.3 Å². The van der Waals surface area contributed by atoms with Gasteiger partial charge in [0, 0.05) is 16.7 Å². The molecule has 0 aromatic heterocycles. The van der Waals surface area contributed by atoms with Crippen molar-refractivity contribution in [2.24, 2.45) is 0 Å². The highest BCUT2D eigenvalue weighted by atomic mass is 35.5. The number of nitro benzene ring substituents is 1. The molecule has 0 heterocycles. The summed E-state index contributed by atoms with van der Waals surface area (Å²) in [6, 6.07) is 10.3. The lowest BCUT2D eigenvalue weighted by atomic mass is 10.1. The SMILES string of the molecule is CSc1ccc(C(=O)O[C@H](C)C(=O)c2ccc(Cl)cc2)cc1[N+](=O)[O-]. The molecule has 6 nitrogen and oxygen atoms in total. The number of nitrogens with zero attached hydrogens (tertiary/aromatic N) is 1. The summed E-state index contributed by atoms with van der Waals surface area (Å²) in [5.74, 6) is -1.19. The van der Waals surface area contributed by atoms with Crippen molar-refractivity contribution in [3.8, 4) is 0 Å². The highest BCUT2D eigenvalue weighted by Gasteiger charge is 2.23. The lowest BCUT2D eigenvalue weighted by Crippen LogP contribution is -2.24. The Morgan fingerprint density at radius 1 is 1.16 bits per heavy atom. The average Bonchev–Trinajstić information content (AvgIpc) is 2.60. The topological polar surface area (TPSA) is 86.5 Å². The maximum Gasteiger partial charge on any atom is 0.339 e. The van der Waals surface area contributed by atoms with Crippen LogP contribution in [0, 0.1) is 10.1 Å². The van der Waals surface area contributed by atoms with Gasteiger partial charge in [-0.1, -0.05) is 11.6 Å². The van der Waals surface area contributed by atoms with Crippen LogP contribution in [-0.2, 0) is 4.74 Å². The molecule has 0 aliphatic rings. The third-order valence-corrected chi connectivity index (χ3v) is 4.43. The largest absolute Gasteiger partial charge is 0.451 e.